The molecule has 1 aliphatic rings. The van der Waals surface area contributed by atoms with Gasteiger partial charge in [-0.15, -0.1) is 0 Å². The average molecular weight is 269 g/mol. The van der Waals surface area contributed by atoms with Gasteiger partial charge in [-0.2, -0.15) is 0 Å². The van der Waals surface area contributed by atoms with Crippen LogP contribution in [0.4, 0.5) is 0 Å². The van der Waals surface area contributed by atoms with E-state index in [9.17, 15) is 0 Å². The summed E-state index contributed by atoms with van der Waals surface area (Å²) in [6.45, 7) is 3.27. The molecular formula is C12H17BrN2. The van der Waals surface area contributed by atoms with Crippen molar-refractivity contribution in [2.24, 2.45) is 5.92 Å². The van der Waals surface area contributed by atoms with E-state index in [1.165, 1.54) is 24.8 Å². The smallest absolute Gasteiger partial charge is 0.0410 e. The van der Waals surface area contributed by atoms with Crippen molar-refractivity contribution >= 4 is 15.9 Å². The normalized spacial score (nSPS) is 25.7. The summed E-state index contributed by atoms with van der Waals surface area (Å²) in [7, 11) is 0. The summed E-state index contributed by atoms with van der Waals surface area (Å²) in [5.74, 6) is 0.892. The van der Waals surface area contributed by atoms with Crippen molar-refractivity contribution in [3.63, 3.8) is 0 Å². The molecule has 0 spiro atoms. The highest BCUT2D eigenvalue weighted by Crippen LogP contribution is 2.24. The molecule has 2 rings (SSSR count). The maximum Gasteiger partial charge on any atom is 0.0410 e. The molecule has 82 valence electrons. The first-order valence-corrected chi connectivity index (χ1v) is 6.36. The fourth-order valence-electron chi connectivity index (χ4n) is 2.21. The molecule has 1 heterocycles. The Morgan fingerprint density at radius 3 is 3.00 bits per heavy atom. The van der Waals surface area contributed by atoms with Crippen LogP contribution in [0.3, 0.4) is 0 Å². The molecule has 3 heteroatoms. The van der Waals surface area contributed by atoms with Crippen LogP contribution < -0.4 is 5.32 Å². The van der Waals surface area contributed by atoms with E-state index in [0.717, 1.165) is 16.9 Å². The summed E-state index contributed by atoms with van der Waals surface area (Å²) in [5.41, 5.74) is 1.25. The number of aromatic nitrogens is 1. The van der Waals surface area contributed by atoms with Crippen LogP contribution in [0.15, 0.2) is 22.9 Å². The minimum Gasteiger partial charge on any atom is -0.310 e. The first kappa shape index (κ1) is 11.1. The molecular weight excluding hydrogens is 252 g/mol. The Hall–Kier alpha value is -0.410. The molecule has 2 nitrogen and oxygen atoms in total. The van der Waals surface area contributed by atoms with Gasteiger partial charge in [0.2, 0.25) is 0 Å². The van der Waals surface area contributed by atoms with Crippen LogP contribution in [0.2, 0.25) is 0 Å². The van der Waals surface area contributed by atoms with Crippen LogP contribution in [0, 0.1) is 5.92 Å². The van der Waals surface area contributed by atoms with Crippen LogP contribution >= 0.6 is 15.9 Å². The summed E-state index contributed by atoms with van der Waals surface area (Å²) in [6.07, 6.45) is 7.76. The molecule has 0 aliphatic heterocycles. The zero-order valence-corrected chi connectivity index (χ0v) is 10.6. The first-order valence-electron chi connectivity index (χ1n) is 5.57. The van der Waals surface area contributed by atoms with Gasteiger partial charge < -0.3 is 5.32 Å². The highest BCUT2D eigenvalue weighted by Gasteiger charge is 2.20. The number of hydrogen-bond donors (Lipinski definition) is 1. The quantitative estimate of drug-likeness (QED) is 0.911. The van der Waals surface area contributed by atoms with E-state index in [1.54, 1.807) is 0 Å². The van der Waals surface area contributed by atoms with Crippen molar-refractivity contribution in [1.29, 1.82) is 0 Å². The summed E-state index contributed by atoms with van der Waals surface area (Å²) < 4.78 is 1.06. The maximum absolute atomic E-state index is 4.16. The Labute approximate surface area is 99.6 Å². The predicted octanol–water partition coefficient (Wildman–Crippen LogP) is 3.12. The van der Waals surface area contributed by atoms with E-state index < -0.39 is 0 Å². The number of nitrogens with zero attached hydrogens (tertiary/aromatic N) is 1. The molecule has 1 N–H and O–H groups in total. The molecule has 1 aromatic heterocycles. The summed E-state index contributed by atoms with van der Waals surface area (Å²) >= 11 is 3.43. The molecule has 0 amide bonds. The van der Waals surface area contributed by atoms with Gasteiger partial charge in [-0.1, -0.05) is 6.92 Å². The van der Waals surface area contributed by atoms with E-state index in [2.05, 4.69) is 39.2 Å². The lowest BCUT2D eigenvalue weighted by molar-refractivity contribution is 0.502. The van der Waals surface area contributed by atoms with E-state index in [4.69, 9.17) is 0 Å². The fourth-order valence-corrected chi connectivity index (χ4v) is 2.62. The molecule has 2 atom stereocenters. The van der Waals surface area contributed by atoms with Gasteiger partial charge in [-0.25, -0.2) is 0 Å². The molecule has 1 saturated carbocycles. The van der Waals surface area contributed by atoms with E-state index in [1.807, 2.05) is 12.4 Å². The monoisotopic (exact) mass is 268 g/mol. The lowest BCUT2D eigenvalue weighted by atomic mass is 10.1. The van der Waals surface area contributed by atoms with Crippen molar-refractivity contribution in [2.75, 3.05) is 0 Å². The average Bonchev–Trinajstić information content (AvgIpc) is 2.62. The lowest BCUT2D eigenvalue weighted by Crippen LogP contribution is -2.25. The van der Waals surface area contributed by atoms with Gasteiger partial charge in [-0.05, 0) is 52.7 Å². The Morgan fingerprint density at radius 2 is 2.33 bits per heavy atom. The molecule has 15 heavy (non-hydrogen) atoms. The Kier molecular flexibility index (Phi) is 3.76. The minimum atomic E-state index is 0.707. The largest absolute Gasteiger partial charge is 0.310 e. The van der Waals surface area contributed by atoms with Gasteiger partial charge in [0, 0.05) is 29.5 Å². The number of nitrogens with one attached hydrogen (secondary N) is 1. The van der Waals surface area contributed by atoms with Gasteiger partial charge in [0.1, 0.15) is 0 Å². The van der Waals surface area contributed by atoms with Crippen molar-refractivity contribution in [3.05, 3.63) is 28.5 Å². The molecule has 0 radical (unpaired) electrons. The minimum absolute atomic E-state index is 0.707. The summed E-state index contributed by atoms with van der Waals surface area (Å²) in [4.78, 5) is 4.16. The third-order valence-electron chi connectivity index (χ3n) is 3.05. The van der Waals surface area contributed by atoms with Gasteiger partial charge in [0.25, 0.3) is 0 Å². The van der Waals surface area contributed by atoms with Gasteiger partial charge in [0.15, 0.2) is 0 Å². The Bertz CT molecular complexity index is 327. The second-order valence-corrected chi connectivity index (χ2v) is 5.42. The molecule has 0 saturated heterocycles. The second-order valence-electron chi connectivity index (χ2n) is 4.51. The molecule has 0 aromatic carbocycles. The van der Waals surface area contributed by atoms with Gasteiger partial charge in [0.05, 0.1) is 0 Å². The molecule has 2 unspecified atom stereocenters. The number of halogens is 1. The van der Waals surface area contributed by atoms with E-state index >= 15 is 0 Å². The van der Waals surface area contributed by atoms with Crippen LogP contribution in [0.25, 0.3) is 0 Å². The second kappa shape index (κ2) is 5.08. The molecule has 1 aromatic rings. The topological polar surface area (TPSA) is 24.9 Å². The molecule has 1 fully saturated rings. The van der Waals surface area contributed by atoms with Crippen LogP contribution in [-0.2, 0) is 6.54 Å². The van der Waals surface area contributed by atoms with Crippen molar-refractivity contribution in [3.8, 4) is 0 Å². The van der Waals surface area contributed by atoms with Gasteiger partial charge >= 0.3 is 0 Å². The lowest BCUT2D eigenvalue weighted by Gasteiger charge is -2.12. The summed E-state index contributed by atoms with van der Waals surface area (Å²) in [6, 6.07) is 2.83. The van der Waals surface area contributed by atoms with Crippen LogP contribution in [0.5, 0.6) is 0 Å². The van der Waals surface area contributed by atoms with E-state index in [-0.39, 0.29) is 0 Å². The zero-order valence-electron chi connectivity index (χ0n) is 9.04. The van der Waals surface area contributed by atoms with Crippen LogP contribution in [-0.4, -0.2) is 11.0 Å². The molecule has 0 bridgehead atoms. The number of rotatable bonds is 3. The van der Waals surface area contributed by atoms with Crippen molar-refractivity contribution in [1.82, 2.24) is 10.3 Å². The number of hydrogen-bond acceptors (Lipinski definition) is 2. The molecule has 1 aliphatic carbocycles. The Balaban J connectivity index is 1.83. The fraction of sp³-hybridized carbons (Fsp3) is 0.583. The standard InChI is InChI=1S/C12H17BrN2/c1-9-2-3-12(4-9)15-7-10-5-11(13)8-14-6-10/h5-6,8-9,12,15H,2-4,7H2,1H3. The SMILES string of the molecule is CC1CCC(NCc2cncc(Br)c2)C1. The highest BCUT2D eigenvalue weighted by molar-refractivity contribution is 9.10. The first-order chi connectivity index (χ1) is 7.24. The van der Waals surface area contributed by atoms with Crippen molar-refractivity contribution < 1.29 is 0 Å². The third kappa shape index (κ3) is 3.28. The summed E-state index contributed by atoms with van der Waals surface area (Å²) in [5, 5.41) is 3.59. The third-order valence-corrected chi connectivity index (χ3v) is 3.48. The zero-order chi connectivity index (χ0) is 10.7. The van der Waals surface area contributed by atoms with Crippen molar-refractivity contribution in [2.45, 2.75) is 38.8 Å². The van der Waals surface area contributed by atoms with E-state index in [0.29, 0.717) is 6.04 Å². The van der Waals surface area contributed by atoms with Crippen LogP contribution in [0.1, 0.15) is 31.7 Å². The highest BCUT2D eigenvalue weighted by atomic mass is 79.9. The van der Waals surface area contributed by atoms with Gasteiger partial charge in [-0.3, -0.25) is 4.98 Å². The Morgan fingerprint density at radius 1 is 1.47 bits per heavy atom. The predicted molar refractivity (Wildman–Crippen MR) is 65.6 cm³/mol. The number of pyridine rings is 1. The maximum atomic E-state index is 4.16.